The second kappa shape index (κ2) is 12.8. The summed E-state index contributed by atoms with van der Waals surface area (Å²) >= 11 is 6.01. The second-order valence-corrected chi connectivity index (χ2v) is 10.4. The molecule has 4 aromatic rings. The van der Waals surface area contributed by atoms with Gasteiger partial charge >= 0.3 is 5.97 Å². The van der Waals surface area contributed by atoms with Crippen LogP contribution in [0.4, 0.5) is 28.4 Å². The van der Waals surface area contributed by atoms with Gasteiger partial charge in [-0.1, -0.05) is 11.6 Å². The van der Waals surface area contributed by atoms with Crippen LogP contribution in [0.5, 0.6) is 0 Å². The van der Waals surface area contributed by atoms with Crippen LogP contribution in [-0.4, -0.2) is 51.8 Å². The number of aromatic nitrogens is 1. The van der Waals surface area contributed by atoms with Crippen LogP contribution in [0.1, 0.15) is 33.7 Å². The Morgan fingerprint density at radius 2 is 1.26 bits per heavy atom. The normalized spacial score (nSPS) is 13.4. The molecule has 0 radical (unpaired) electrons. The second-order valence-electron chi connectivity index (χ2n) is 9.97. The van der Waals surface area contributed by atoms with Crippen LogP contribution >= 0.6 is 11.6 Å². The molecule has 11 heteroatoms. The van der Waals surface area contributed by atoms with E-state index in [1.165, 1.54) is 16.7 Å². The van der Waals surface area contributed by atoms with E-state index in [9.17, 15) is 19.5 Å². The van der Waals surface area contributed by atoms with E-state index in [0.717, 1.165) is 43.0 Å². The summed E-state index contributed by atoms with van der Waals surface area (Å²) in [5, 5.41) is 27.9. The molecule has 1 aromatic heterocycles. The maximum absolute atomic E-state index is 12.7. The molecule has 1 saturated heterocycles. The largest absolute Gasteiger partial charge is 0.480 e. The van der Waals surface area contributed by atoms with Crippen LogP contribution in [0.15, 0.2) is 84.9 Å². The van der Waals surface area contributed by atoms with E-state index in [4.69, 9.17) is 16.7 Å². The summed E-state index contributed by atoms with van der Waals surface area (Å²) < 4.78 is 1.22. The van der Waals surface area contributed by atoms with E-state index in [-0.39, 0.29) is 22.9 Å². The molecule has 1 aliphatic heterocycles. The van der Waals surface area contributed by atoms with Gasteiger partial charge in [-0.3, -0.25) is 14.4 Å². The minimum atomic E-state index is -1.10. The van der Waals surface area contributed by atoms with Crippen LogP contribution in [0.25, 0.3) is 0 Å². The first-order valence-electron chi connectivity index (χ1n) is 13.4. The number of aliphatic carboxylic acids is 1. The van der Waals surface area contributed by atoms with Gasteiger partial charge in [0.15, 0.2) is 0 Å². The van der Waals surface area contributed by atoms with Crippen LogP contribution in [0, 0.1) is 0 Å². The number of anilines is 5. The molecule has 42 heavy (non-hydrogen) atoms. The molecule has 10 nitrogen and oxygen atoms in total. The third kappa shape index (κ3) is 7.09. The standard InChI is InChI=1S/C31H30ClN5O5/c32-28-14-13-27(37(28)19-29(39)40)31(42)35-24-9-5-22(6-10-24)33-21-3-7-23(8-4-21)34-30(41)20-1-11-25(12-2-20)36-17-15-26(38)16-18-36/h1-14,26,33,38H,15-19H2,(H,34,41)(H,35,42)(H,39,40). The number of amides is 2. The number of aliphatic hydroxyl groups is 1. The van der Waals surface area contributed by atoms with Gasteiger partial charge in [-0.25, -0.2) is 0 Å². The number of halogens is 1. The molecule has 0 saturated carbocycles. The first kappa shape index (κ1) is 28.7. The van der Waals surface area contributed by atoms with Crippen molar-refractivity contribution in [2.45, 2.75) is 25.5 Å². The fourth-order valence-corrected chi connectivity index (χ4v) is 4.94. The lowest BCUT2D eigenvalue weighted by molar-refractivity contribution is -0.137. The maximum Gasteiger partial charge on any atom is 0.323 e. The summed E-state index contributed by atoms with van der Waals surface area (Å²) in [4.78, 5) is 38.7. The lowest BCUT2D eigenvalue weighted by Gasteiger charge is -2.31. The summed E-state index contributed by atoms with van der Waals surface area (Å²) in [6.07, 6.45) is 1.27. The van der Waals surface area contributed by atoms with Gasteiger partial charge in [0, 0.05) is 47.1 Å². The van der Waals surface area contributed by atoms with Crippen molar-refractivity contribution in [1.82, 2.24) is 4.57 Å². The van der Waals surface area contributed by atoms with Crippen LogP contribution < -0.4 is 20.9 Å². The monoisotopic (exact) mass is 587 g/mol. The highest BCUT2D eigenvalue weighted by atomic mass is 35.5. The van der Waals surface area contributed by atoms with E-state index >= 15 is 0 Å². The molecule has 0 atom stereocenters. The van der Waals surface area contributed by atoms with Gasteiger partial charge in [-0.15, -0.1) is 0 Å². The molecule has 2 amide bonds. The number of carbonyl (C=O) groups is 3. The van der Waals surface area contributed by atoms with Crippen molar-refractivity contribution in [2.24, 2.45) is 0 Å². The van der Waals surface area contributed by atoms with Gasteiger partial charge in [-0.2, -0.15) is 0 Å². The zero-order valence-electron chi connectivity index (χ0n) is 22.6. The maximum atomic E-state index is 12.7. The molecule has 1 fully saturated rings. The van der Waals surface area contributed by atoms with Crippen molar-refractivity contribution in [3.63, 3.8) is 0 Å². The van der Waals surface area contributed by atoms with Crippen molar-refractivity contribution >= 4 is 57.8 Å². The third-order valence-electron chi connectivity index (χ3n) is 6.99. The summed E-state index contributed by atoms with van der Waals surface area (Å²) in [5.41, 5.74) is 4.53. The quantitative estimate of drug-likeness (QED) is 0.176. The highest BCUT2D eigenvalue weighted by Gasteiger charge is 2.18. The van der Waals surface area contributed by atoms with Crippen LogP contribution in [0.3, 0.4) is 0 Å². The molecule has 3 aromatic carbocycles. The Morgan fingerprint density at radius 3 is 1.81 bits per heavy atom. The molecule has 216 valence electrons. The number of hydrogen-bond donors (Lipinski definition) is 5. The molecule has 1 aliphatic rings. The van der Waals surface area contributed by atoms with E-state index in [1.807, 2.05) is 24.3 Å². The molecule has 5 N–H and O–H groups in total. The smallest absolute Gasteiger partial charge is 0.323 e. The first-order valence-corrected chi connectivity index (χ1v) is 13.8. The fraction of sp³-hybridized carbons (Fsp3) is 0.194. The topological polar surface area (TPSA) is 136 Å². The molecule has 0 spiro atoms. The van der Waals surface area contributed by atoms with Gasteiger partial charge in [0.1, 0.15) is 17.4 Å². The Kier molecular flexibility index (Phi) is 8.75. The first-order chi connectivity index (χ1) is 20.2. The SMILES string of the molecule is O=C(O)Cn1c(Cl)ccc1C(=O)Nc1ccc(Nc2ccc(NC(=O)c3ccc(N4CCC(O)CC4)cc3)cc2)cc1. The number of carboxylic acid groups (broad SMARTS) is 1. The number of hydrogen-bond acceptors (Lipinski definition) is 6. The molecule has 0 bridgehead atoms. The van der Waals surface area contributed by atoms with E-state index in [0.29, 0.717) is 16.9 Å². The van der Waals surface area contributed by atoms with Crippen LogP contribution in [-0.2, 0) is 11.3 Å². The number of carboxylic acids is 1. The van der Waals surface area contributed by atoms with Crippen molar-refractivity contribution in [3.8, 4) is 0 Å². The number of nitrogens with zero attached hydrogens (tertiary/aromatic N) is 2. The molecule has 0 unspecified atom stereocenters. The molecular formula is C31H30ClN5O5. The third-order valence-corrected chi connectivity index (χ3v) is 7.32. The van der Waals surface area contributed by atoms with Crippen molar-refractivity contribution in [2.75, 3.05) is 33.9 Å². The summed E-state index contributed by atoms with van der Waals surface area (Å²) in [7, 11) is 0. The summed E-state index contributed by atoms with van der Waals surface area (Å²) in [6.45, 7) is 1.18. The summed E-state index contributed by atoms with van der Waals surface area (Å²) in [6, 6.07) is 24.8. The molecular weight excluding hydrogens is 558 g/mol. The number of carbonyl (C=O) groups excluding carboxylic acids is 2. The van der Waals surface area contributed by atoms with Gasteiger partial charge < -0.3 is 35.6 Å². The zero-order valence-corrected chi connectivity index (χ0v) is 23.3. The predicted molar refractivity (Wildman–Crippen MR) is 163 cm³/mol. The van der Waals surface area contributed by atoms with Crippen molar-refractivity contribution < 1.29 is 24.6 Å². The van der Waals surface area contributed by atoms with Gasteiger partial charge in [-0.05, 0) is 97.8 Å². The Balaban J connectivity index is 1.13. The van der Waals surface area contributed by atoms with Gasteiger partial charge in [0.2, 0.25) is 0 Å². The van der Waals surface area contributed by atoms with E-state index in [2.05, 4.69) is 20.9 Å². The average molecular weight is 588 g/mol. The van der Waals surface area contributed by atoms with Crippen molar-refractivity contribution in [3.05, 3.63) is 101 Å². The van der Waals surface area contributed by atoms with Crippen LogP contribution in [0.2, 0.25) is 5.15 Å². The Morgan fingerprint density at radius 1 is 0.738 bits per heavy atom. The lowest BCUT2D eigenvalue weighted by atomic mass is 10.1. The Bertz CT molecular complexity index is 1560. The highest BCUT2D eigenvalue weighted by molar-refractivity contribution is 6.30. The molecule has 2 heterocycles. The molecule has 5 rings (SSSR count). The lowest BCUT2D eigenvalue weighted by Crippen LogP contribution is -2.35. The van der Waals surface area contributed by atoms with Crippen molar-refractivity contribution in [1.29, 1.82) is 0 Å². The predicted octanol–water partition coefficient (Wildman–Crippen LogP) is 5.44. The minimum Gasteiger partial charge on any atom is -0.480 e. The van der Waals surface area contributed by atoms with E-state index in [1.54, 1.807) is 48.5 Å². The minimum absolute atomic E-state index is 0.146. The van der Waals surface area contributed by atoms with Gasteiger partial charge in [0.05, 0.1) is 6.10 Å². The van der Waals surface area contributed by atoms with E-state index < -0.39 is 18.4 Å². The fourth-order valence-electron chi connectivity index (χ4n) is 4.72. The molecule has 0 aliphatic carbocycles. The number of aliphatic hydroxyl groups excluding tert-OH is 1. The number of piperidine rings is 1. The Labute approximate surface area is 247 Å². The average Bonchev–Trinajstić information content (AvgIpc) is 3.34. The Hall–Kier alpha value is -4.80. The number of nitrogens with one attached hydrogen (secondary N) is 3. The van der Waals surface area contributed by atoms with Gasteiger partial charge in [0.25, 0.3) is 11.8 Å². The highest BCUT2D eigenvalue weighted by Crippen LogP contribution is 2.24. The zero-order chi connectivity index (χ0) is 29.6. The summed E-state index contributed by atoms with van der Waals surface area (Å²) in [5.74, 6) is -1.78. The number of benzene rings is 3. The number of rotatable bonds is 9.